The van der Waals surface area contributed by atoms with E-state index in [1.54, 1.807) is 6.20 Å². The first kappa shape index (κ1) is 15.4. The van der Waals surface area contributed by atoms with E-state index < -0.39 is 5.54 Å². The van der Waals surface area contributed by atoms with E-state index in [4.69, 9.17) is 5.73 Å². The van der Waals surface area contributed by atoms with Crippen LogP contribution in [0, 0.1) is 5.92 Å². The molecule has 1 unspecified atom stereocenters. The Balaban J connectivity index is 2.30. The molecule has 1 heterocycles. The summed E-state index contributed by atoms with van der Waals surface area (Å²) in [6, 6.07) is 9.34. The minimum Gasteiger partial charge on any atom is -0.346 e. The second kappa shape index (κ2) is 6.22. The van der Waals surface area contributed by atoms with Crippen LogP contribution < -0.4 is 11.1 Å². The lowest BCUT2D eigenvalue weighted by atomic mass is 9.90. The number of carbonyl (C=O) groups is 1. The van der Waals surface area contributed by atoms with Crippen LogP contribution in [0.4, 0.5) is 0 Å². The Kier molecular flexibility index (Phi) is 4.58. The minimum atomic E-state index is -0.393. The van der Waals surface area contributed by atoms with Crippen molar-refractivity contribution in [2.75, 3.05) is 6.54 Å². The minimum absolute atomic E-state index is 0.0952. The van der Waals surface area contributed by atoms with Gasteiger partial charge in [0.05, 0.1) is 5.52 Å². The van der Waals surface area contributed by atoms with Crippen molar-refractivity contribution < 1.29 is 4.79 Å². The fourth-order valence-electron chi connectivity index (χ4n) is 2.73. The topological polar surface area (TPSA) is 68.0 Å². The fourth-order valence-corrected chi connectivity index (χ4v) is 2.73. The number of nitrogens with one attached hydrogen (secondary N) is 1. The monoisotopic (exact) mass is 285 g/mol. The molecular weight excluding hydrogens is 262 g/mol. The molecule has 1 amide bonds. The number of fused-ring (bicyclic) bond motifs is 1. The van der Waals surface area contributed by atoms with Crippen LogP contribution in [0.5, 0.6) is 0 Å². The van der Waals surface area contributed by atoms with Gasteiger partial charge >= 0.3 is 0 Å². The van der Waals surface area contributed by atoms with Gasteiger partial charge in [0.2, 0.25) is 0 Å². The van der Waals surface area contributed by atoms with Gasteiger partial charge in [0.15, 0.2) is 0 Å². The number of carbonyl (C=O) groups excluding carboxylic acids is 1. The number of aromatic nitrogens is 1. The highest BCUT2D eigenvalue weighted by Gasteiger charge is 2.26. The maximum Gasteiger partial charge on any atom is 0.252 e. The Morgan fingerprint density at radius 3 is 2.76 bits per heavy atom. The van der Waals surface area contributed by atoms with Crippen molar-refractivity contribution in [3.05, 3.63) is 42.1 Å². The van der Waals surface area contributed by atoms with Crippen molar-refractivity contribution in [3.8, 4) is 0 Å². The molecule has 112 valence electrons. The van der Waals surface area contributed by atoms with Gasteiger partial charge in [0, 0.05) is 29.2 Å². The third-order valence-electron chi connectivity index (χ3n) is 3.61. The summed E-state index contributed by atoms with van der Waals surface area (Å²) in [6.45, 7) is 6.66. The Morgan fingerprint density at radius 1 is 1.33 bits per heavy atom. The lowest BCUT2D eigenvalue weighted by Gasteiger charge is -2.31. The lowest BCUT2D eigenvalue weighted by Crippen LogP contribution is -2.52. The molecule has 4 nitrogen and oxygen atoms in total. The van der Waals surface area contributed by atoms with Crippen LogP contribution in [0.15, 0.2) is 36.5 Å². The number of hydrogen-bond donors (Lipinski definition) is 2. The molecule has 2 aromatic rings. The average molecular weight is 285 g/mol. The number of nitrogens with zero attached hydrogens (tertiary/aromatic N) is 1. The van der Waals surface area contributed by atoms with Crippen LogP contribution >= 0.6 is 0 Å². The molecule has 0 aliphatic carbocycles. The van der Waals surface area contributed by atoms with Crippen molar-refractivity contribution >= 4 is 16.8 Å². The standard InChI is InChI=1S/C17H23N3O/c1-12(2)10-17(3,11-18)20-16(21)14-6-4-8-15-13(14)7-5-9-19-15/h4-9,12H,10-11,18H2,1-3H3,(H,20,21). The maximum absolute atomic E-state index is 12.6. The third kappa shape index (κ3) is 3.58. The van der Waals surface area contributed by atoms with Crippen LogP contribution in [0.3, 0.4) is 0 Å². The predicted octanol–water partition coefficient (Wildman–Crippen LogP) is 2.73. The van der Waals surface area contributed by atoms with E-state index in [-0.39, 0.29) is 5.91 Å². The molecule has 0 spiro atoms. The average Bonchev–Trinajstić information content (AvgIpc) is 2.45. The maximum atomic E-state index is 12.6. The van der Waals surface area contributed by atoms with Crippen molar-refractivity contribution in [1.29, 1.82) is 0 Å². The normalized spacial score (nSPS) is 14.1. The second-order valence-electron chi connectivity index (χ2n) is 6.19. The first-order valence-electron chi connectivity index (χ1n) is 7.31. The van der Waals surface area contributed by atoms with Crippen LogP contribution in [-0.2, 0) is 0 Å². The molecule has 0 aliphatic rings. The summed E-state index contributed by atoms with van der Waals surface area (Å²) in [7, 11) is 0. The molecule has 3 N–H and O–H groups in total. The van der Waals surface area contributed by atoms with Crippen molar-refractivity contribution in [3.63, 3.8) is 0 Å². The van der Waals surface area contributed by atoms with E-state index in [0.717, 1.165) is 17.3 Å². The summed E-state index contributed by atoms with van der Waals surface area (Å²) in [5.41, 5.74) is 6.94. The zero-order valence-corrected chi connectivity index (χ0v) is 12.9. The predicted molar refractivity (Wildman–Crippen MR) is 86.1 cm³/mol. The van der Waals surface area contributed by atoms with Crippen molar-refractivity contribution in [1.82, 2.24) is 10.3 Å². The van der Waals surface area contributed by atoms with Crippen LogP contribution in [0.2, 0.25) is 0 Å². The molecule has 2 rings (SSSR count). The van der Waals surface area contributed by atoms with Gasteiger partial charge in [0.25, 0.3) is 5.91 Å². The van der Waals surface area contributed by atoms with Gasteiger partial charge in [-0.25, -0.2) is 0 Å². The molecule has 0 bridgehead atoms. The van der Waals surface area contributed by atoms with Crippen LogP contribution in [-0.4, -0.2) is 23.0 Å². The Bertz CT molecular complexity index is 633. The fraction of sp³-hybridized carbons (Fsp3) is 0.412. The molecule has 21 heavy (non-hydrogen) atoms. The number of rotatable bonds is 5. The molecule has 0 saturated heterocycles. The van der Waals surface area contributed by atoms with Gasteiger partial charge in [-0.3, -0.25) is 9.78 Å². The highest BCUT2D eigenvalue weighted by atomic mass is 16.1. The van der Waals surface area contributed by atoms with E-state index in [0.29, 0.717) is 18.0 Å². The van der Waals surface area contributed by atoms with Crippen LogP contribution in [0.25, 0.3) is 10.9 Å². The number of pyridine rings is 1. The summed E-state index contributed by atoms with van der Waals surface area (Å²) in [4.78, 5) is 16.9. The molecule has 1 atom stereocenters. The van der Waals surface area contributed by atoms with Gasteiger partial charge < -0.3 is 11.1 Å². The summed E-state index contributed by atoms with van der Waals surface area (Å²) in [5.74, 6) is 0.371. The Labute approximate surface area is 125 Å². The highest BCUT2D eigenvalue weighted by molar-refractivity contribution is 6.06. The smallest absolute Gasteiger partial charge is 0.252 e. The van der Waals surface area contributed by atoms with Crippen molar-refractivity contribution in [2.24, 2.45) is 11.7 Å². The summed E-state index contributed by atoms with van der Waals surface area (Å²) >= 11 is 0. The van der Waals surface area contributed by atoms with Crippen LogP contribution in [0.1, 0.15) is 37.6 Å². The van der Waals surface area contributed by atoms with Gasteiger partial charge in [-0.05, 0) is 37.5 Å². The number of nitrogens with two attached hydrogens (primary N) is 1. The quantitative estimate of drug-likeness (QED) is 0.887. The van der Waals surface area contributed by atoms with E-state index in [1.165, 1.54) is 0 Å². The Morgan fingerprint density at radius 2 is 2.10 bits per heavy atom. The SMILES string of the molecule is CC(C)CC(C)(CN)NC(=O)c1cccc2ncccc12. The van der Waals surface area contributed by atoms with E-state index in [9.17, 15) is 4.79 Å². The summed E-state index contributed by atoms with van der Waals surface area (Å²) in [5, 5.41) is 3.95. The molecule has 0 saturated carbocycles. The summed E-state index contributed by atoms with van der Waals surface area (Å²) < 4.78 is 0. The van der Waals surface area contributed by atoms with Crippen molar-refractivity contribution in [2.45, 2.75) is 32.7 Å². The molecular formula is C17H23N3O. The van der Waals surface area contributed by atoms with Gasteiger partial charge in [-0.1, -0.05) is 26.0 Å². The molecule has 4 heteroatoms. The number of amides is 1. The van der Waals surface area contributed by atoms with E-state index in [2.05, 4.69) is 24.1 Å². The number of benzene rings is 1. The largest absolute Gasteiger partial charge is 0.346 e. The molecule has 1 aromatic heterocycles. The zero-order chi connectivity index (χ0) is 15.5. The molecule has 0 radical (unpaired) electrons. The number of hydrogen-bond acceptors (Lipinski definition) is 3. The first-order chi connectivity index (χ1) is 9.95. The lowest BCUT2D eigenvalue weighted by molar-refractivity contribution is 0.0900. The first-order valence-corrected chi connectivity index (χ1v) is 7.31. The Hall–Kier alpha value is -1.94. The molecule has 1 aromatic carbocycles. The van der Waals surface area contributed by atoms with E-state index in [1.807, 2.05) is 37.3 Å². The zero-order valence-electron chi connectivity index (χ0n) is 12.9. The van der Waals surface area contributed by atoms with Gasteiger partial charge in [-0.15, -0.1) is 0 Å². The third-order valence-corrected chi connectivity index (χ3v) is 3.61. The second-order valence-corrected chi connectivity index (χ2v) is 6.19. The summed E-state index contributed by atoms with van der Waals surface area (Å²) in [6.07, 6.45) is 2.57. The van der Waals surface area contributed by atoms with Gasteiger partial charge in [-0.2, -0.15) is 0 Å². The molecule has 0 aliphatic heterocycles. The highest BCUT2D eigenvalue weighted by Crippen LogP contribution is 2.20. The van der Waals surface area contributed by atoms with E-state index >= 15 is 0 Å². The molecule has 0 fully saturated rings. The van der Waals surface area contributed by atoms with Gasteiger partial charge in [0.1, 0.15) is 0 Å².